The van der Waals surface area contributed by atoms with E-state index in [1.807, 2.05) is 0 Å². The maximum Gasteiger partial charge on any atom is 0.180 e. The number of ether oxygens (including phenoxy) is 2. The maximum atomic E-state index is 12.2. The molecule has 17 heavy (non-hydrogen) atoms. The van der Waals surface area contributed by atoms with Crippen molar-refractivity contribution >= 4 is 5.78 Å². The Kier molecular flexibility index (Phi) is 3.04. The molecule has 0 radical (unpaired) electrons. The first-order chi connectivity index (χ1) is 8.16. The van der Waals surface area contributed by atoms with Gasteiger partial charge in [0.15, 0.2) is 5.78 Å². The molecule has 1 aliphatic rings. The van der Waals surface area contributed by atoms with Crippen LogP contribution in [0.3, 0.4) is 0 Å². The van der Waals surface area contributed by atoms with Crippen molar-refractivity contribution in [3.05, 3.63) is 23.8 Å². The number of ketones is 1. The molecule has 0 aromatic heterocycles. The van der Waals surface area contributed by atoms with Crippen molar-refractivity contribution in [3.63, 3.8) is 0 Å². The number of carbonyl (C=O) groups excluding carboxylic acids is 1. The van der Waals surface area contributed by atoms with Crippen LogP contribution in [-0.4, -0.2) is 42.9 Å². The number of rotatable bonds is 3. The molecule has 0 aliphatic carbocycles. The Labute approximate surface area is 98.6 Å². The topological polar surface area (TPSA) is 76.0 Å². The molecule has 5 heteroatoms. The van der Waals surface area contributed by atoms with E-state index in [0.717, 1.165) is 0 Å². The summed E-state index contributed by atoms with van der Waals surface area (Å²) < 4.78 is 10.4. The third kappa shape index (κ3) is 1.77. The minimum absolute atomic E-state index is 0.0288. The molecule has 0 fully saturated rings. The van der Waals surface area contributed by atoms with E-state index in [9.17, 15) is 15.0 Å². The van der Waals surface area contributed by atoms with Gasteiger partial charge in [0.2, 0.25) is 0 Å². The maximum absolute atomic E-state index is 12.2. The van der Waals surface area contributed by atoms with Crippen molar-refractivity contribution in [2.45, 2.75) is 0 Å². The molecule has 1 aromatic carbocycles. The summed E-state index contributed by atoms with van der Waals surface area (Å²) >= 11 is 0. The molecule has 5 nitrogen and oxygen atoms in total. The molecular formula is C12H14O5. The zero-order chi connectivity index (χ0) is 12.5. The molecule has 1 aliphatic heterocycles. The summed E-state index contributed by atoms with van der Waals surface area (Å²) in [5.41, 5.74) is -0.873. The number of methoxy groups -OCH3 is 1. The van der Waals surface area contributed by atoms with E-state index in [0.29, 0.717) is 17.1 Å². The SMILES string of the molecule is COc1ccc2c(c1)OCC(CO)(CO)C2=O. The third-order valence-electron chi connectivity index (χ3n) is 3.02. The van der Waals surface area contributed by atoms with E-state index in [1.54, 1.807) is 18.2 Å². The second kappa shape index (κ2) is 4.35. The van der Waals surface area contributed by atoms with Crippen molar-refractivity contribution in [1.82, 2.24) is 0 Å². The predicted octanol–water partition coefficient (Wildman–Crippen LogP) is 0.241. The van der Waals surface area contributed by atoms with Gasteiger partial charge in [-0.2, -0.15) is 0 Å². The summed E-state index contributed by atoms with van der Waals surface area (Å²) in [7, 11) is 1.53. The van der Waals surface area contributed by atoms with Gasteiger partial charge in [-0.25, -0.2) is 0 Å². The molecule has 1 aromatic rings. The normalized spacial score (nSPS) is 17.2. The van der Waals surface area contributed by atoms with E-state index in [2.05, 4.69) is 0 Å². The van der Waals surface area contributed by atoms with Crippen LogP contribution in [0, 0.1) is 5.41 Å². The first-order valence-corrected chi connectivity index (χ1v) is 5.24. The zero-order valence-corrected chi connectivity index (χ0v) is 9.47. The number of carbonyl (C=O) groups is 1. The first kappa shape index (κ1) is 11.9. The summed E-state index contributed by atoms with van der Waals surface area (Å²) in [5.74, 6) is 0.718. The van der Waals surface area contributed by atoms with E-state index in [1.165, 1.54) is 7.11 Å². The average molecular weight is 238 g/mol. The molecule has 0 saturated heterocycles. The Hall–Kier alpha value is -1.59. The summed E-state index contributed by atoms with van der Waals surface area (Å²) in [6, 6.07) is 4.84. The van der Waals surface area contributed by atoms with Crippen LogP contribution < -0.4 is 9.47 Å². The molecule has 2 N–H and O–H groups in total. The van der Waals surface area contributed by atoms with Crippen LogP contribution in [0.2, 0.25) is 0 Å². The number of hydrogen-bond acceptors (Lipinski definition) is 5. The highest BCUT2D eigenvalue weighted by Crippen LogP contribution is 2.36. The molecular weight excluding hydrogens is 224 g/mol. The highest BCUT2D eigenvalue weighted by atomic mass is 16.5. The van der Waals surface area contributed by atoms with Crippen molar-refractivity contribution in [1.29, 1.82) is 0 Å². The standard InChI is InChI=1S/C12H14O5/c1-16-8-2-3-9-10(4-8)17-7-12(5-13,6-14)11(9)15/h2-4,13-14H,5-7H2,1H3. The number of benzene rings is 1. The van der Waals surface area contributed by atoms with Gasteiger partial charge in [0.05, 0.1) is 25.9 Å². The second-order valence-corrected chi connectivity index (χ2v) is 4.08. The lowest BCUT2D eigenvalue weighted by molar-refractivity contribution is 0.0112. The Balaban J connectivity index is 2.43. The number of aliphatic hydroxyl groups is 2. The molecule has 1 heterocycles. The second-order valence-electron chi connectivity index (χ2n) is 4.08. The van der Waals surface area contributed by atoms with E-state index >= 15 is 0 Å². The lowest BCUT2D eigenvalue weighted by atomic mass is 9.80. The lowest BCUT2D eigenvalue weighted by Crippen LogP contribution is -2.46. The number of fused-ring (bicyclic) bond motifs is 1. The Morgan fingerprint density at radius 1 is 1.41 bits per heavy atom. The van der Waals surface area contributed by atoms with Gasteiger partial charge in [-0.15, -0.1) is 0 Å². The van der Waals surface area contributed by atoms with Gasteiger partial charge in [0.1, 0.15) is 23.5 Å². The van der Waals surface area contributed by atoms with Gasteiger partial charge in [0, 0.05) is 6.07 Å². The van der Waals surface area contributed by atoms with Gasteiger partial charge in [-0.3, -0.25) is 4.79 Å². The van der Waals surface area contributed by atoms with Gasteiger partial charge in [-0.1, -0.05) is 0 Å². The van der Waals surface area contributed by atoms with Crippen molar-refractivity contribution in [2.75, 3.05) is 26.9 Å². The van der Waals surface area contributed by atoms with Crippen molar-refractivity contribution in [2.24, 2.45) is 5.41 Å². The fraction of sp³-hybridized carbons (Fsp3) is 0.417. The minimum Gasteiger partial charge on any atom is -0.497 e. The summed E-state index contributed by atoms with van der Waals surface area (Å²) in [5, 5.41) is 18.5. The molecule has 0 unspecified atom stereocenters. The third-order valence-corrected chi connectivity index (χ3v) is 3.02. The van der Waals surface area contributed by atoms with E-state index in [-0.39, 0.29) is 12.4 Å². The monoisotopic (exact) mass is 238 g/mol. The van der Waals surface area contributed by atoms with E-state index < -0.39 is 18.6 Å². The Morgan fingerprint density at radius 3 is 2.71 bits per heavy atom. The molecule has 0 amide bonds. The molecule has 92 valence electrons. The molecule has 0 atom stereocenters. The number of Topliss-reactive ketones (excluding diaryl/α,β-unsaturated/α-hetero) is 1. The Bertz CT molecular complexity index is 437. The van der Waals surface area contributed by atoms with Crippen LogP contribution in [0.5, 0.6) is 11.5 Å². The molecule has 0 saturated carbocycles. The quantitative estimate of drug-likeness (QED) is 0.789. The summed E-state index contributed by atoms with van der Waals surface area (Å²) in [4.78, 5) is 12.2. The van der Waals surface area contributed by atoms with Gasteiger partial charge in [0.25, 0.3) is 0 Å². The van der Waals surface area contributed by atoms with Crippen LogP contribution in [-0.2, 0) is 0 Å². The zero-order valence-electron chi connectivity index (χ0n) is 9.47. The number of hydrogen-bond donors (Lipinski definition) is 2. The smallest absolute Gasteiger partial charge is 0.180 e. The predicted molar refractivity (Wildman–Crippen MR) is 59.4 cm³/mol. The van der Waals surface area contributed by atoms with Gasteiger partial charge >= 0.3 is 0 Å². The average Bonchev–Trinajstić information content (AvgIpc) is 2.39. The van der Waals surface area contributed by atoms with Crippen LogP contribution in [0.1, 0.15) is 10.4 Å². The minimum atomic E-state index is -1.23. The van der Waals surface area contributed by atoms with Crippen molar-refractivity contribution in [3.8, 4) is 11.5 Å². The molecule has 0 bridgehead atoms. The van der Waals surface area contributed by atoms with Crippen molar-refractivity contribution < 1.29 is 24.5 Å². The van der Waals surface area contributed by atoms with Gasteiger partial charge < -0.3 is 19.7 Å². The van der Waals surface area contributed by atoms with E-state index in [4.69, 9.17) is 9.47 Å². The fourth-order valence-electron chi connectivity index (χ4n) is 1.79. The van der Waals surface area contributed by atoms with Crippen LogP contribution in [0.25, 0.3) is 0 Å². The fourth-order valence-corrected chi connectivity index (χ4v) is 1.79. The van der Waals surface area contributed by atoms with Crippen LogP contribution in [0.15, 0.2) is 18.2 Å². The lowest BCUT2D eigenvalue weighted by Gasteiger charge is -2.33. The van der Waals surface area contributed by atoms with Crippen LogP contribution in [0.4, 0.5) is 0 Å². The number of aliphatic hydroxyl groups excluding tert-OH is 2. The highest BCUT2D eigenvalue weighted by molar-refractivity contribution is 6.04. The largest absolute Gasteiger partial charge is 0.497 e. The molecule has 0 spiro atoms. The Morgan fingerprint density at radius 2 is 2.12 bits per heavy atom. The van der Waals surface area contributed by atoms with Gasteiger partial charge in [-0.05, 0) is 12.1 Å². The summed E-state index contributed by atoms with van der Waals surface area (Å²) in [6.07, 6.45) is 0. The first-order valence-electron chi connectivity index (χ1n) is 5.24. The molecule has 2 rings (SSSR count). The summed E-state index contributed by atoms with van der Waals surface area (Å²) in [6.45, 7) is -0.902. The van der Waals surface area contributed by atoms with Crippen LogP contribution >= 0.6 is 0 Å². The highest BCUT2D eigenvalue weighted by Gasteiger charge is 2.43.